The summed E-state index contributed by atoms with van der Waals surface area (Å²) in [6.07, 6.45) is 3.49. The van der Waals surface area contributed by atoms with E-state index in [2.05, 4.69) is 21.0 Å². The average molecular weight is 290 g/mol. The maximum absolute atomic E-state index is 14.9. The molecule has 5 heteroatoms. The molecule has 3 nitrogen and oxygen atoms in total. The highest BCUT2D eigenvalue weighted by atomic mass is 79.9. The molecule has 0 amide bonds. The van der Waals surface area contributed by atoms with Crippen molar-refractivity contribution in [2.24, 2.45) is 11.7 Å². The Morgan fingerprint density at radius 3 is 2.75 bits per heavy atom. The molecule has 1 aliphatic carbocycles. The van der Waals surface area contributed by atoms with Gasteiger partial charge in [0.25, 0.3) is 0 Å². The van der Waals surface area contributed by atoms with Crippen molar-refractivity contribution in [3.63, 3.8) is 0 Å². The van der Waals surface area contributed by atoms with Gasteiger partial charge in [0.1, 0.15) is 0 Å². The molecule has 2 N–H and O–H groups in total. The molecule has 2 rings (SSSR count). The molecule has 0 radical (unpaired) electrons. The fourth-order valence-electron chi connectivity index (χ4n) is 2.12. The van der Waals surface area contributed by atoms with Gasteiger partial charge in [-0.2, -0.15) is 5.10 Å². The van der Waals surface area contributed by atoms with Crippen LogP contribution < -0.4 is 5.73 Å². The zero-order valence-corrected chi connectivity index (χ0v) is 11.2. The molecule has 16 heavy (non-hydrogen) atoms. The molecular weight excluding hydrogens is 273 g/mol. The van der Waals surface area contributed by atoms with E-state index in [1.807, 2.05) is 13.8 Å². The molecule has 1 heterocycles. The Bertz CT molecular complexity index is 387. The molecule has 0 aliphatic heterocycles. The van der Waals surface area contributed by atoms with Gasteiger partial charge in [-0.25, -0.2) is 4.39 Å². The zero-order chi connectivity index (χ0) is 11.9. The fraction of sp³-hybridized carbons (Fsp3) is 0.727. The van der Waals surface area contributed by atoms with Gasteiger partial charge >= 0.3 is 0 Å². The maximum Gasteiger partial charge on any atom is 0.168 e. The van der Waals surface area contributed by atoms with Gasteiger partial charge in [-0.1, -0.05) is 0 Å². The summed E-state index contributed by atoms with van der Waals surface area (Å²) in [7, 11) is 0. The van der Waals surface area contributed by atoms with Crippen molar-refractivity contribution in [1.82, 2.24) is 9.78 Å². The standard InChI is InChI=1S/C11H17BrFN3/c1-7(2)16-10(9(12)5-15-16)11(13,6-14)8-3-4-8/h5,7-8H,3-4,6,14H2,1-2H3. The summed E-state index contributed by atoms with van der Waals surface area (Å²) in [5, 5.41) is 4.21. The monoisotopic (exact) mass is 289 g/mol. The van der Waals surface area contributed by atoms with E-state index < -0.39 is 5.67 Å². The summed E-state index contributed by atoms with van der Waals surface area (Å²) in [5.41, 5.74) is 4.81. The molecule has 1 atom stereocenters. The van der Waals surface area contributed by atoms with E-state index in [4.69, 9.17) is 5.73 Å². The number of hydrogen-bond acceptors (Lipinski definition) is 2. The first-order valence-corrected chi connectivity index (χ1v) is 6.42. The molecule has 0 bridgehead atoms. The van der Waals surface area contributed by atoms with Gasteiger partial charge in [0, 0.05) is 18.5 Å². The lowest BCUT2D eigenvalue weighted by Crippen LogP contribution is -2.36. The third kappa shape index (κ3) is 1.80. The largest absolute Gasteiger partial charge is 0.327 e. The summed E-state index contributed by atoms with van der Waals surface area (Å²) in [4.78, 5) is 0. The lowest BCUT2D eigenvalue weighted by atomic mass is 9.95. The Kier molecular flexibility index (Phi) is 3.09. The van der Waals surface area contributed by atoms with Crippen molar-refractivity contribution in [1.29, 1.82) is 0 Å². The van der Waals surface area contributed by atoms with E-state index >= 15 is 0 Å². The van der Waals surface area contributed by atoms with Crippen molar-refractivity contribution in [3.05, 3.63) is 16.4 Å². The molecule has 1 aromatic rings. The van der Waals surface area contributed by atoms with E-state index in [1.54, 1.807) is 10.9 Å². The Morgan fingerprint density at radius 2 is 2.31 bits per heavy atom. The minimum atomic E-state index is -1.43. The second-order valence-electron chi connectivity index (χ2n) is 4.72. The number of alkyl halides is 1. The van der Waals surface area contributed by atoms with E-state index in [0.717, 1.165) is 17.3 Å². The molecule has 0 aromatic carbocycles. The van der Waals surface area contributed by atoms with Gasteiger partial charge in [0.05, 0.1) is 16.4 Å². The Hall–Kier alpha value is -0.420. The van der Waals surface area contributed by atoms with Crippen LogP contribution in [0, 0.1) is 5.92 Å². The van der Waals surface area contributed by atoms with E-state index in [-0.39, 0.29) is 18.5 Å². The Balaban J connectivity index is 2.48. The predicted octanol–water partition coefficient (Wildman–Crippen LogP) is 2.76. The number of nitrogens with two attached hydrogens (primary N) is 1. The molecule has 1 unspecified atom stereocenters. The smallest absolute Gasteiger partial charge is 0.168 e. The van der Waals surface area contributed by atoms with Crippen LogP contribution in [0.15, 0.2) is 10.7 Å². The van der Waals surface area contributed by atoms with Gasteiger partial charge < -0.3 is 5.73 Å². The van der Waals surface area contributed by atoms with Crippen molar-refractivity contribution in [2.45, 2.75) is 38.4 Å². The third-order valence-corrected chi connectivity index (χ3v) is 3.74. The fourth-order valence-corrected chi connectivity index (χ4v) is 2.72. The van der Waals surface area contributed by atoms with Gasteiger partial charge in [-0.3, -0.25) is 4.68 Å². The van der Waals surface area contributed by atoms with Crippen LogP contribution in [-0.2, 0) is 5.67 Å². The van der Waals surface area contributed by atoms with E-state index in [9.17, 15) is 4.39 Å². The minimum absolute atomic E-state index is 0.0225. The van der Waals surface area contributed by atoms with Crippen LogP contribution in [-0.4, -0.2) is 16.3 Å². The van der Waals surface area contributed by atoms with Crippen LogP contribution in [0.1, 0.15) is 38.4 Å². The molecule has 1 saturated carbocycles. The van der Waals surface area contributed by atoms with E-state index in [0.29, 0.717) is 5.69 Å². The lowest BCUT2D eigenvalue weighted by Gasteiger charge is -2.26. The van der Waals surface area contributed by atoms with Crippen LogP contribution in [0.4, 0.5) is 4.39 Å². The normalized spacial score (nSPS) is 20.1. The van der Waals surface area contributed by atoms with Crippen LogP contribution in [0.25, 0.3) is 0 Å². The van der Waals surface area contributed by atoms with E-state index in [1.165, 1.54) is 0 Å². The van der Waals surface area contributed by atoms with Crippen molar-refractivity contribution < 1.29 is 4.39 Å². The van der Waals surface area contributed by atoms with Crippen LogP contribution in [0.3, 0.4) is 0 Å². The molecule has 1 aliphatic rings. The SMILES string of the molecule is CC(C)n1ncc(Br)c1C(F)(CN)C1CC1. The first-order chi connectivity index (χ1) is 7.50. The molecule has 0 saturated heterocycles. The summed E-state index contributed by atoms with van der Waals surface area (Å²) >= 11 is 3.38. The number of rotatable bonds is 4. The topological polar surface area (TPSA) is 43.8 Å². The van der Waals surface area contributed by atoms with Crippen molar-refractivity contribution in [2.75, 3.05) is 6.54 Å². The van der Waals surface area contributed by atoms with Gasteiger partial charge in [-0.05, 0) is 42.6 Å². The van der Waals surface area contributed by atoms with Gasteiger partial charge in [-0.15, -0.1) is 0 Å². The number of hydrogen-bond donors (Lipinski definition) is 1. The quantitative estimate of drug-likeness (QED) is 0.926. The highest BCUT2D eigenvalue weighted by Gasteiger charge is 2.49. The van der Waals surface area contributed by atoms with Crippen LogP contribution >= 0.6 is 15.9 Å². The maximum atomic E-state index is 14.9. The van der Waals surface area contributed by atoms with Gasteiger partial charge in [0.15, 0.2) is 5.67 Å². The van der Waals surface area contributed by atoms with Gasteiger partial charge in [0.2, 0.25) is 0 Å². The number of nitrogens with zero attached hydrogens (tertiary/aromatic N) is 2. The summed E-state index contributed by atoms with van der Waals surface area (Å²) in [6.45, 7) is 4.01. The molecular formula is C11H17BrFN3. The van der Waals surface area contributed by atoms with Crippen LogP contribution in [0.5, 0.6) is 0 Å². The minimum Gasteiger partial charge on any atom is -0.327 e. The Morgan fingerprint density at radius 1 is 1.69 bits per heavy atom. The second-order valence-corrected chi connectivity index (χ2v) is 5.57. The molecule has 1 aromatic heterocycles. The zero-order valence-electron chi connectivity index (χ0n) is 9.58. The first-order valence-electron chi connectivity index (χ1n) is 5.63. The first kappa shape index (κ1) is 12.0. The lowest BCUT2D eigenvalue weighted by molar-refractivity contribution is 0.126. The number of halogens is 2. The third-order valence-electron chi connectivity index (χ3n) is 3.16. The second kappa shape index (κ2) is 4.11. The number of aromatic nitrogens is 2. The average Bonchev–Trinajstić information content (AvgIpc) is 3.01. The molecule has 1 fully saturated rings. The highest BCUT2D eigenvalue weighted by molar-refractivity contribution is 9.10. The Labute approximate surface area is 103 Å². The summed E-state index contributed by atoms with van der Waals surface area (Å²) in [6, 6.07) is 0.140. The highest BCUT2D eigenvalue weighted by Crippen LogP contribution is 2.50. The molecule has 0 spiro atoms. The summed E-state index contributed by atoms with van der Waals surface area (Å²) < 4.78 is 17.4. The van der Waals surface area contributed by atoms with Crippen LogP contribution in [0.2, 0.25) is 0 Å². The van der Waals surface area contributed by atoms with Crippen molar-refractivity contribution in [3.8, 4) is 0 Å². The molecule has 90 valence electrons. The predicted molar refractivity (Wildman–Crippen MR) is 64.9 cm³/mol. The van der Waals surface area contributed by atoms with Crippen molar-refractivity contribution >= 4 is 15.9 Å². The summed E-state index contributed by atoms with van der Waals surface area (Å²) in [5.74, 6) is 0.0583.